The van der Waals surface area contributed by atoms with E-state index >= 15 is 0 Å². The molecule has 0 saturated carbocycles. The van der Waals surface area contributed by atoms with Crippen molar-refractivity contribution < 1.29 is 9.15 Å². The van der Waals surface area contributed by atoms with E-state index in [1.54, 1.807) is 0 Å². The van der Waals surface area contributed by atoms with Crippen LogP contribution in [0.4, 0.5) is 0 Å². The molecule has 12 rings (SSSR count). The van der Waals surface area contributed by atoms with Gasteiger partial charge in [-0.05, 0) is 83.4 Å². The maximum absolute atomic E-state index is 6.74. The number of benzene rings is 8. The largest absolute Gasteiger partial charge is 0.456 e. The number of rotatable bonds is 3. The summed E-state index contributed by atoms with van der Waals surface area (Å²) in [5.74, 6) is 1.76. The van der Waals surface area contributed by atoms with Crippen LogP contribution in [0.3, 0.4) is 0 Å². The van der Waals surface area contributed by atoms with Crippen LogP contribution in [0, 0.1) is 0 Å². The van der Waals surface area contributed by atoms with E-state index in [4.69, 9.17) is 9.15 Å². The van der Waals surface area contributed by atoms with Gasteiger partial charge in [0.1, 0.15) is 11.2 Å². The van der Waals surface area contributed by atoms with Crippen LogP contribution in [0.1, 0.15) is 0 Å². The third-order valence-corrected chi connectivity index (χ3v) is 10.9. The van der Waals surface area contributed by atoms with Crippen LogP contribution in [0.15, 0.2) is 174 Å². The Morgan fingerprint density at radius 1 is 0.385 bits per heavy atom. The summed E-state index contributed by atoms with van der Waals surface area (Å²) in [6, 6.07) is 60.6. The molecular formula is C48H28N2O2. The second kappa shape index (κ2) is 10.3. The molecular weight excluding hydrogens is 637 g/mol. The zero-order valence-corrected chi connectivity index (χ0v) is 27.9. The number of furan rings is 1. The molecule has 11 aromatic rings. The molecule has 0 spiro atoms. The van der Waals surface area contributed by atoms with E-state index in [9.17, 15) is 0 Å². The molecule has 4 heterocycles. The second-order valence-corrected chi connectivity index (χ2v) is 13.7. The maximum Gasteiger partial charge on any atom is 0.159 e. The molecule has 0 bridgehead atoms. The third-order valence-electron chi connectivity index (χ3n) is 10.9. The maximum atomic E-state index is 6.74. The standard InChI is InChI=1S/C48H28N2O2/c1-5-15-41-34(9-1)38-13-8-18-45-47(38)50(41)43-16-7-12-33(48(43)52-45)29-19-23-32(24-20-29)49-40-14-4-2-10-35(40)39-27-30(22-26-42(39)49)31-21-25-37-36-11-3-6-17-44(36)51-46(37)28-31/h1-28H. The van der Waals surface area contributed by atoms with Crippen LogP contribution in [0.2, 0.25) is 0 Å². The van der Waals surface area contributed by atoms with Crippen molar-refractivity contribution in [3.63, 3.8) is 0 Å². The molecule has 0 amide bonds. The van der Waals surface area contributed by atoms with Gasteiger partial charge in [0.25, 0.3) is 0 Å². The SMILES string of the molecule is c1cc(-c2ccc(-n3c4ccccc4c4cc(-c5ccc6c(c5)oc5ccccc56)ccc43)cc2)c2c(c1)-n1c3ccccc3c3cccc(c31)O2. The van der Waals surface area contributed by atoms with E-state index in [0.717, 1.165) is 72.6 Å². The smallest absolute Gasteiger partial charge is 0.159 e. The summed E-state index contributed by atoms with van der Waals surface area (Å²) < 4.78 is 17.7. The molecule has 242 valence electrons. The first-order valence-electron chi connectivity index (χ1n) is 17.7. The Labute approximate surface area is 297 Å². The average molecular weight is 665 g/mol. The van der Waals surface area contributed by atoms with Crippen molar-refractivity contribution in [3.05, 3.63) is 170 Å². The van der Waals surface area contributed by atoms with Crippen LogP contribution < -0.4 is 4.74 Å². The monoisotopic (exact) mass is 664 g/mol. The lowest BCUT2D eigenvalue weighted by Crippen LogP contribution is -2.05. The highest BCUT2D eigenvalue weighted by Crippen LogP contribution is 2.49. The molecule has 3 aromatic heterocycles. The summed E-state index contributed by atoms with van der Waals surface area (Å²) >= 11 is 0. The van der Waals surface area contributed by atoms with Gasteiger partial charge in [0.15, 0.2) is 11.5 Å². The molecule has 1 aliphatic rings. The minimum atomic E-state index is 0.877. The number of hydrogen-bond acceptors (Lipinski definition) is 2. The Hall–Kier alpha value is -7.04. The summed E-state index contributed by atoms with van der Waals surface area (Å²) in [4.78, 5) is 0. The van der Waals surface area contributed by atoms with E-state index in [1.165, 1.54) is 38.1 Å². The van der Waals surface area contributed by atoms with Gasteiger partial charge in [0.05, 0.1) is 27.8 Å². The fraction of sp³-hybridized carbons (Fsp3) is 0. The van der Waals surface area contributed by atoms with Gasteiger partial charge in [-0.25, -0.2) is 0 Å². The summed E-state index contributed by atoms with van der Waals surface area (Å²) in [6.07, 6.45) is 0. The first-order chi connectivity index (χ1) is 25.8. The van der Waals surface area contributed by atoms with Crippen molar-refractivity contribution in [2.75, 3.05) is 0 Å². The highest BCUT2D eigenvalue weighted by atomic mass is 16.5. The van der Waals surface area contributed by atoms with Crippen molar-refractivity contribution in [1.82, 2.24) is 9.13 Å². The van der Waals surface area contributed by atoms with Gasteiger partial charge < -0.3 is 18.3 Å². The fourth-order valence-electron chi connectivity index (χ4n) is 8.59. The number of para-hydroxylation sites is 5. The minimum absolute atomic E-state index is 0.877. The third kappa shape index (κ3) is 3.75. The second-order valence-electron chi connectivity index (χ2n) is 13.7. The quantitative estimate of drug-likeness (QED) is 0.188. The highest BCUT2D eigenvalue weighted by molar-refractivity contribution is 6.13. The molecule has 0 N–H and O–H groups in total. The molecule has 0 atom stereocenters. The van der Waals surface area contributed by atoms with Crippen molar-refractivity contribution in [3.8, 4) is 45.1 Å². The minimum Gasteiger partial charge on any atom is -0.456 e. The van der Waals surface area contributed by atoms with Gasteiger partial charge in [-0.1, -0.05) is 103 Å². The van der Waals surface area contributed by atoms with Crippen LogP contribution in [-0.2, 0) is 0 Å². The van der Waals surface area contributed by atoms with Crippen LogP contribution in [0.5, 0.6) is 11.5 Å². The highest BCUT2D eigenvalue weighted by Gasteiger charge is 2.26. The Morgan fingerprint density at radius 3 is 1.88 bits per heavy atom. The zero-order chi connectivity index (χ0) is 33.9. The van der Waals surface area contributed by atoms with E-state index in [0.29, 0.717) is 0 Å². The predicted octanol–water partition coefficient (Wildman–Crippen LogP) is 13.2. The molecule has 0 radical (unpaired) electrons. The summed E-state index contributed by atoms with van der Waals surface area (Å²) in [7, 11) is 0. The van der Waals surface area contributed by atoms with Crippen molar-refractivity contribution in [1.29, 1.82) is 0 Å². The number of aromatic nitrogens is 2. The Balaban J connectivity index is 0.971. The Kier molecular flexibility index (Phi) is 5.47. The van der Waals surface area contributed by atoms with Gasteiger partial charge in [0, 0.05) is 43.6 Å². The van der Waals surface area contributed by atoms with Crippen molar-refractivity contribution in [2.45, 2.75) is 0 Å². The van der Waals surface area contributed by atoms with E-state index in [-0.39, 0.29) is 0 Å². The average Bonchev–Trinajstić information content (AvgIpc) is 3.86. The molecule has 4 nitrogen and oxygen atoms in total. The van der Waals surface area contributed by atoms with Gasteiger partial charge >= 0.3 is 0 Å². The predicted molar refractivity (Wildman–Crippen MR) is 213 cm³/mol. The van der Waals surface area contributed by atoms with E-state index in [1.807, 2.05) is 12.1 Å². The molecule has 1 aliphatic heterocycles. The lowest BCUT2D eigenvalue weighted by Gasteiger charge is -2.23. The lowest BCUT2D eigenvalue weighted by molar-refractivity contribution is 0.478. The number of fused-ring (bicyclic) bond motifs is 11. The van der Waals surface area contributed by atoms with Crippen molar-refractivity contribution >= 4 is 65.6 Å². The first kappa shape index (κ1) is 27.7. The van der Waals surface area contributed by atoms with Gasteiger partial charge in [-0.2, -0.15) is 0 Å². The Bertz CT molecular complexity index is 3270. The van der Waals surface area contributed by atoms with E-state index < -0.39 is 0 Å². The lowest BCUT2D eigenvalue weighted by atomic mass is 10.0. The summed E-state index contributed by atoms with van der Waals surface area (Å²) in [5.41, 5.74) is 13.1. The normalized spacial score (nSPS) is 12.4. The molecule has 4 heteroatoms. The van der Waals surface area contributed by atoms with E-state index in [2.05, 4.69) is 167 Å². The number of nitrogens with zero attached hydrogens (tertiary/aromatic N) is 2. The van der Waals surface area contributed by atoms with Crippen LogP contribution >= 0.6 is 0 Å². The Morgan fingerprint density at radius 2 is 1.02 bits per heavy atom. The van der Waals surface area contributed by atoms with Gasteiger partial charge in [-0.15, -0.1) is 0 Å². The first-order valence-corrected chi connectivity index (χ1v) is 17.7. The van der Waals surface area contributed by atoms with Crippen LogP contribution in [-0.4, -0.2) is 9.13 Å². The summed E-state index contributed by atoms with van der Waals surface area (Å²) in [6.45, 7) is 0. The molecule has 0 unspecified atom stereocenters. The molecule has 0 fully saturated rings. The number of ether oxygens (including phenoxy) is 1. The van der Waals surface area contributed by atoms with Crippen molar-refractivity contribution in [2.24, 2.45) is 0 Å². The summed E-state index contributed by atoms with van der Waals surface area (Å²) in [5, 5.41) is 7.17. The molecule has 52 heavy (non-hydrogen) atoms. The van der Waals surface area contributed by atoms with Gasteiger partial charge in [0.2, 0.25) is 0 Å². The van der Waals surface area contributed by atoms with Gasteiger partial charge in [-0.3, -0.25) is 0 Å². The molecule has 0 aliphatic carbocycles. The topological polar surface area (TPSA) is 32.2 Å². The fourth-order valence-corrected chi connectivity index (χ4v) is 8.59. The zero-order valence-electron chi connectivity index (χ0n) is 27.9. The molecule has 0 saturated heterocycles. The van der Waals surface area contributed by atoms with Crippen LogP contribution in [0.25, 0.3) is 99.2 Å². The number of hydrogen-bond donors (Lipinski definition) is 0. The molecule has 8 aromatic carbocycles.